The van der Waals surface area contributed by atoms with E-state index < -0.39 is 6.04 Å². The number of hydrogen-bond acceptors (Lipinski definition) is 3. The lowest BCUT2D eigenvalue weighted by atomic mass is 9.86. The van der Waals surface area contributed by atoms with Crippen LogP contribution >= 0.6 is 0 Å². The number of hydrogen-bond donors (Lipinski definition) is 1. The van der Waals surface area contributed by atoms with Crippen LogP contribution in [0.4, 0.5) is 0 Å². The first-order valence-electron chi connectivity index (χ1n) is 9.40. The van der Waals surface area contributed by atoms with E-state index in [1.165, 1.54) is 19.3 Å². The van der Waals surface area contributed by atoms with Gasteiger partial charge in [-0.3, -0.25) is 9.59 Å². The Balaban J connectivity index is 1.64. The number of ether oxygens (including phenoxy) is 1. The van der Waals surface area contributed by atoms with E-state index in [4.69, 9.17) is 4.74 Å². The molecule has 0 aromatic heterocycles. The van der Waals surface area contributed by atoms with Gasteiger partial charge in [-0.1, -0.05) is 37.5 Å². The van der Waals surface area contributed by atoms with E-state index in [0.29, 0.717) is 25.3 Å². The van der Waals surface area contributed by atoms with Gasteiger partial charge < -0.3 is 15.0 Å². The maximum Gasteiger partial charge on any atom is 0.242 e. The first-order valence-corrected chi connectivity index (χ1v) is 9.40. The molecular formula is C20H28N2O3. The Kier molecular flexibility index (Phi) is 5.95. The van der Waals surface area contributed by atoms with Crippen molar-refractivity contribution in [2.45, 2.75) is 57.1 Å². The molecule has 1 saturated carbocycles. The van der Waals surface area contributed by atoms with E-state index in [2.05, 4.69) is 5.32 Å². The SMILES string of the molecule is CNC(=O)[C@@H]1C[C@H](Oc2ccccc2)CN1C(=O)CC1CCCCC1. The molecule has 1 aliphatic heterocycles. The lowest BCUT2D eigenvalue weighted by Gasteiger charge is -2.27. The second kappa shape index (κ2) is 8.37. The Morgan fingerprint density at radius 3 is 2.56 bits per heavy atom. The third-order valence-electron chi connectivity index (χ3n) is 5.37. The fraction of sp³-hybridized carbons (Fsp3) is 0.600. The molecule has 2 amide bonds. The van der Waals surface area contributed by atoms with Crippen molar-refractivity contribution in [2.75, 3.05) is 13.6 Å². The molecular weight excluding hydrogens is 316 g/mol. The van der Waals surface area contributed by atoms with Crippen molar-refractivity contribution in [3.63, 3.8) is 0 Å². The minimum Gasteiger partial charge on any atom is -0.488 e. The van der Waals surface area contributed by atoms with Crippen LogP contribution in [0.1, 0.15) is 44.9 Å². The Morgan fingerprint density at radius 2 is 1.88 bits per heavy atom. The molecule has 1 aromatic carbocycles. The quantitative estimate of drug-likeness (QED) is 0.893. The second-order valence-corrected chi connectivity index (χ2v) is 7.17. The zero-order valence-corrected chi connectivity index (χ0v) is 14.9. The monoisotopic (exact) mass is 344 g/mol. The van der Waals surface area contributed by atoms with Crippen molar-refractivity contribution in [1.29, 1.82) is 0 Å². The zero-order valence-electron chi connectivity index (χ0n) is 14.9. The molecule has 25 heavy (non-hydrogen) atoms. The molecule has 1 aliphatic carbocycles. The Hall–Kier alpha value is -2.04. The summed E-state index contributed by atoms with van der Waals surface area (Å²) in [6, 6.07) is 9.17. The molecule has 0 unspecified atom stereocenters. The molecule has 1 saturated heterocycles. The molecule has 1 N–H and O–H groups in total. The summed E-state index contributed by atoms with van der Waals surface area (Å²) >= 11 is 0. The third kappa shape index (κ3) is 4.53. The lowest BCUT2D eigenvalue weighted by molar-refractivity contribution is -0.139. The summed E-state index contributed by atoms with van der Waals surface area (Å²) in [6.07, 6.45) is 6.95. The molecule has 5 heteroatoms. The summed E-state index contributed by atoms with van der Waals surface area (Å²) in [5.74, 6) is 1.25. The van der Waals surface area contributed by atoms with Gasteiger partial charge >= 0.3 is 0 Å². The van der Waals surface area contributed by atoms with E-state index in [0.717, 1.165) is 18.6 Å². The smallest absolute Gasteiger partial charge is 0.242 e. The highest BCUT2D eigenvalue weighted by molar-refractivity contribution is 5.88. The van der Waals surface area contributed by atoms with Gasteiger partial charge in [0.05, 0.1) is 6.54 Å². The zero-order chi connectivity index (χ0) is 17.6. The van der Waals surface area contributed by atoms with Crippen molar-refractivity contribution < 1.29 is 14.3 Å². The van der Waals surface area contributed by atoms with Gasteiger partial charge in [-0.25, -0.2) is 0 Å². The average Bonchev–Trinajstić information content (AvgIpc) is 3.07. The van der Waals surface area contributed by atoms with Crippen molar-refractivity contribution >= 4 is 11.8 Å². The van der Waals surface area contributed by atoms with Gasteiger partial charge in [0.1, 0.15) is 17.9 Å². The molecule has 3 rings (SSSR count). The number of benzene rings is 1. The highest BCUT2D eigenvalue weighted by atomic mass is 16.5. The van der Waals surface area contributed by atoms with E-state index in [1.54, 1.807) is 11.9 Å². The van der Waals surface area contributed by atoms with Gasteiger partial charge in [0.2, 0.25) is 11.8 Å². The average molecular weight is 344 g/mol. The molecule has 0 radical (unpaired) electrons. The van der Waals surface area contributed by atoms with Crippen molar-refractivity contribution in [3.05, 3.63) is 30.3 Å². The highest BCUT2D eigenvalue weighted by Crippen LogP contribution is 2.29. The van der Waals surface area contributed by atoms with Gasteiger partial charge in [0.15, 0.2) is 0 Å². The predicted molar refractivity (Wildman–Crippen MR) is 96.2 cm³/mol. The third-order valence-corrected chi connectivity index (χ3v) is 5.37. The number of para-hydroxylation sites is 1. The van der Waals surface area contributed by atoms with Crippen molar-refractivity contribution in [2.24, 2.45) is 5.92 Å². The number of nitrogens with zero attached hydrogens (tertiary/aromatic N) is 1. The number of rotatable bonds is 5. The van der Waals surface area contributed by atoms with E-state index in [1.807, 2.05) is 30.3 Å². The minimum atomic E-state index is -0.421. The molecule has 2 aliphatic rings. The lowest BCUT2D eigenvalue weighted by Crippen LogP contribution is -2.45. The molecule has 136 valence electrons. The van der Waals surface area contributed by atoms with Crippen LogP contribution in [0.25, 0.3) is 0 Å². The van der Waals surface area contributed by atoms with Crippen LogP contribution in [0.15, 0.2) is 30.3 Å². The molecule has 1 aromatic rings. The number of amides is 2. The largest absolute Gasteiger partial charge is 0.488 e. The Bertz CT molecular complexity index is 584. The van der Waals surface area contributed by atoms with Crippen molar-refractivity contribution in [3.8, 4) is 5.75 Å². The summed E-state index contributed by atoms with van der Waals surface area (Å²) in [5, 5.41) is 2.69. The van der Waals surface area contributed by atoms with Crippen LogP contribution in [-0.2, 0) is 9.59 Å². The molecule has 2 atom stereocenters. The van der Waals surface area contributed by atoms with Crippen molar-refractivity contribution in [1.82, 2.24) is 10.2 Å². The number of carbonyl (C=O) groups is 2. The molecule has 5 nitrogen and oxygen atoms in total. The van der Waals surface area contributed by atoms with Gasteiger partial charge in [-0.2, -0.15) is 0 Å². The van der Waals surface area contributed by atoms with Gasteiger partial charge in [0, 0.05) is 19.9 Å². The summed E-state index contributed by atoms with van der Waals surface area (Å²) < 4.78 is 6.00. The van der Waals surface area contributed by atoms with Crippen LogP contribution < -0.4 is 10.1 Å². The standard InChI is InChI=1S/C20H28N2O3/c1-21-20(24)18-13-17(25-16-10-6-3-7-11-16)14-22(18)19(23)12-15-8-4-2-5-9-15/h3,6-7,10-11,15,17-18H,2,4-5,8-9,12-14H2,1H3,(H,21,24)/t17-,18-/m0/s1. The Morgan fingerprint density at radius 1 is 1.16 bits per heavy atom. The number of nitrogens with one attached hydrogen (secondary N) is 1. The minimum absolute atomic E-state index is 0.0969. The molecule has 0 spiro atoms. The fourth-order valence-electron chi connectivity index (χ4n) is 4.02. The normalized spacial score (nSPS) is 24.1. The summed E-state index contributed by atoms with van der Waals surface area (Å²) in [4.78, 5) is 26.8. The van der Waals surface area contributed by atoms with Crippen LogP contribution in [-0.4, -0.2) is 42.5 Å². The highest BCUT2D eigenvalue weighted by Gasteiger charge is 2.40. The van der Waals surface area contributed by atoms with Gasteiger partial charge in [-0.15, -0.1) is 0 Å². The molecule has 0 bridgehead atoms. The van der Waals surface area contributed by atoms with Gasteiger partial charge in [0.25, 0.3) is 0 Å². The first kappa shape index (κ1) is 17.8. The van der Waals surface area contributed by atoms with E-state index in [9.17, 15) is 9.59 Å². The topological polar surface area (TPSA) is 58.6 Å². The number of likely N-dealkylation sites (N-methyl/N-ethyl adjacent to an activating group) is 1. The summed E-state index contributed by atoms with van der Waals surface area (Å²) in [6.45, 7) is 0.485. The van der Waals surface area contributed by atoms with Crippen LogP contribution in [0.3, 0.4) is 0 Å². The second-order valence-electron chi connectivity index (χ2n) is 7.17. The maximum absolute atomic E-state index is 12.8. The fourth-order valence-corrected chi connectivity index (χ4v) is 4.02. The maximum atomic E-state index is 12.8. The van der Waals surface area contributed by atoms with Gasteiger partial charge in [-0.05, 0) is 30.9 Å². The molecule has 2 fully saturated rings. The molecule has 1 heterocycles. The summed E-state index contributed by atoms with van der Waals surface area (Å²) in [5.41, 5.74) is 0. The van der Waals surface area contributed by atoms with Crippen LogP contribution in [0.5, 0.6) is 5.75 Å². The Labute approximate surface area is 149 Å². The van der Waals surface area contributed by atoms with E-state index in [-0.39, 0.29) is 17.9 Å². The van der Waals surface area contributed by atoms with Crippen LogP contribution in [0.2, 0.25) is 0 Å². The number of carbonyl (C=O) groups excluding carboxylic acids is 2. The summed E-state index contributed by atoms with van der Waals surface area (Å²) in [7, 11) is 1.62. The van der Waals surface area contributed by atoms with E-state index >= 15 is 0 Å². The first-order chi connectivity index (χ1) is 12.2. The number of likely N-dealkylation sites (tertiary alicyclic amines) is 1. The van der Waals surface area contributed by atoms with Crippen LogP contribution in [0, 0.1) is 5.92 Å². The predicted octanol–water partition coefficient (Wildman–Crippen LogP) is 2.75.